The molecule has 1 fully saturated rings. The maximum atomic E-state index is 13.3. The van der Waals surface area contributed by atoms with E-state index in [2.05, 4.69) is 4.90 Å². The van der Waals surface area contributed by atoms with Crippen molar-refractivity contribution in [3.05, 3.63) is 29.6 Å². The van der Waals surface area contributed by atoms with Crippen LogP contribution in [0.4, 0.5) is 4.39 Å². The van der Waals surface area contributed by atoms with Gasteiger partial charge in [0.15, 0.2) is 6.61 Å². The molecule has 1 atom stereocenters. The van der Waals surface area contributed by atoms with Gasteiger partial charge in [0, 0.05) is 37.8 Å². The monoisotopic (exact) mass is 296 g/mol. The number of halogens is 1. The number of nitrogens with zero attached hydrogens (tertiary/aromatic N) is 2. The summed E-state index contributed by atoms with van der Waals surface area (Å²) >= 11 is 0. The van der Waals surface area contributed by atoms with Crippen LogP contribution in [0.1, 0.15) is 18.6 Å². The summed E-state index contributed by atoms with van der Waals surface area (Å²) in [7, 11) is 2.01. The van der Waals surface area contributed by atoms with E-state index >= 15 is 0 Å². The SMILES string of the molecule is CC(O)c1ccc(F)cc1OCC(=O)N1CCN(C)CC1. The van der Waals surface area contributed by atoms with Crippen molar-refractivity contribution in [3.8, 4) is 5.75 Å². The second kappa shape index (κ2) is 6.87. The lowest BCUT2D eigenvalue weighted by atomic mass is 10.1. The Balaban J connectivity index is 1.96. The first-order chi connectivity index (χ1) is 9.97. The molecule has 1 aliphatic rings. The number of carbonyl (C=O) groups excluding carboxylic acids is 1. The normalized spacial score (nSPS) is 17.6. The predicted octanol–water partition coefficient (Wildman–Crippen LogP) is 1.03. The number of carbonyl (C=O) groups is 1. The zero-order valence-electron chi connectivity index (χ0n) is 12.4. The van der Waals surface area contributed by atoms with Crippen molar-refractivity contribution in [2.45, 2.75) is 13.0 Å². The second-order valence-corrected chi connectivity index (χ2v) is 5.33. The van der Waals surface area contributed by atoms with Gasteiger partial charge < -0.3 is 19.6 Å². The number of aliphatic hydroxyl groups is 1. The molecule has 5 nitrogen and oxygen atoms in total. The molecule has 1 aliphatic heterocycles. The first-order valence-corrected chi connectivity index (χ1v) is 7.04. The van der Waals surface area contributed by atoms with Crippen molar-refractivity contribution in [3.63, 3.8) is 0 Å². The molecule has 0 aliphatic carbocycles. The van der Waals surface area contributed by atoms with E-state index in [1.54, 1.807) is 11.8 Å². The average Bonchev–Trinajstić information content (AvgIpc) is 2.45. The smallest absolute Gasteiger partial charge is 0.260 e. The second-order valence-electron chi connectivity index (χ2n) is 5.33. The minimum Gasteiger partial charge on any atom is -0.483 e. The van der Waals surface area contributed by atoms with Gasteiger partial charge in [-0.25, -0.2) is 4.39 Å². The van der Waals surface area contributed by atoms with Crippen molar-refractivity contribution in [1.29, 1.82) is 0 Å². The molecule has 1 aromatic carbocycles. The topological polar surface area (TPSA) is 53.0 Å². The van der Waals surface area contributed by atoms with Gasteiger partial charge in [-0.05, 0) is 26.1 Å². The fourth-order valence-electron chi connectivity index (χ4n) is 2.26. The summed E-state index contributed by atoms with van der Waals surface area (Å²) in [5, 5.41) is 9.64. The van der Waals surface area contributed by atoms with Crippen LogP contribution in [0.15, 0.2) is 18.2 Å². The molecule has 1 saturated heterocycles. The summed E-state index contributed by atoms with van der Waals surface area (Å²) in [5.74, 6) is -0.363. The molecule has 21 heavy (non-hydrogen) atoms. The van der Waals surface area contributed by atoms with Crippen LogP contribution in [0.25, 0.3) is 0 Å². The molecule has 0 bridgehead atoms. The van der Waals surface area contributed by atoms with Gasteiger partial charge in [-0.3, -0.25) is 4.79 Å². The van der Waals surface area contributed by atoms with Crippen LogP contribution in [-0.2, 0) is 4.79 Å². The van der Waals surface area contributed by atoms with Crippen LogP contribution in [0.5, 0.6) is 5.75 Å². The zero-order valence-corrected chi connectivity index (χ0v) is 12.4. The first kappa shape index (κ1) is 15.7. The number of piperazine rings is 1. The standard InChI is InChI=1S/C15H21FN2O3/c1-11(19)13-4-3-12(16)9-14(13)21-10-15(20)18-7-5-17(2)6-8-18/h3-4,9,11,19H,5-8,10H2,1-2H3. The molecular weight excluding hydrogens is 275 g/mol. The molecule has 1 N–H and O–H groups in total. The molecule has 1 unspecified atom stereocenters. The fraction of sp³-hybridized carbons (Fsp3) is 0.533. The van der Waals surface area contributed by atoms with E-state index in [0.29, 0.717) is 18.7 Å². The third-order valence-electron chi connectivity index (χ3n) is 3.63. The number of hydrogen-bond donors (Lipinski definition) is 1. The van der Waals surface area contributed by atoms with Crippen molar-refractivity contribution in [1.82, 2.24) is 9.80 Å². The summed E-state index contributed by atoms with van der Waals surface area (Å²) in [4.78, 5) is 16.0. The highest BCUT2D eigenvalue weighted by Gasteiger charge is 2.20. The van der Waals surface area contributed by atoms with Gasteiger partial charge in [0.25, 0.3) is 5.91 Å². The zero-order chi connectivity index (χ0) is 15.4. The van der Waals surface area contributed by atoms with E-state index in [1.807, 2.05) is 7.05 Å². The lowest BCUT2D eigenvalue weighted by molar-refractivity contribution is -0.134. The maximum Gasteiger partial charge on any atom is 0.260 e. The number of benzene rings is 1. The van der Waals surface area contributed by atoms with Crippen molar-refractivity contribution in [2.75, 3.05) is 39.8 Å². The number of ether oxygens (including phenoxy) is 1. The molecule has 0 radical (unpaired) electrons. The van der Waals surface area contributed by atoms with Crippen molar-refractivity contribution < 1.29 is 19.0 Å². The predicted molar refractivity (Wildman–Crippen MR) is 76.6 cm³/mol. The molecule has 6 heteroatoms. The first-order valence-electron chi connectivity index (χ1n) is 7.04. The van der Waals surface area contributed by atoms with Crippen LogP contribution < -0.4 is 4.74 Å². The van der Waals surface area contributed by atoms with Gasteiger partial charge in [0.05, 0.1) is 6.10 Å². The third-order valence-corrected chi connectivity index (χ3v) is 3.63. The summed E-state index contributed by atoms with van der Waals surface area (Å²) in [6.07, 6.45) is -0.778. The molecule has 0 aromatic heterocycles. The van der Waals surface area contributed by atoms with E-state index in [9.17, 15) is 14.3 Å². The van der Waals surface area contributed by atoms with Gasteiger partial charge >= 0.3 is 0 Å². The Morgan fingerprint density at radius 3 is 2.67 bits per heavy atom. The Labute approximate surface area is 123 Å². The highest BCUT2D eigenvalue weighted by Crippen LogP contribution is 2.26. The summed E-state index contributed by atoms with van der Waals surface area (Å²) in [5.41, 5.74) is 0.475. The van der Waals surface area contributed by atoms with Crippen molar-refractivity contribution in [2.24, 2.45) is 0 Å². The van der Waals surface area contributed by atoms with Crippen LogP contribution in [0, 0.1) is 5.82 Å². The molecule has 1 aromatic rings. The van der Waals surface area contributed by atoms with Crippen LogP contribution in [0.2, 0.25) is 0 Å². The van der Waals surface area contributed by atoms with Crippen LogP contribution >= 0.6 is 0 Å². The van der Waals surface area contributed by atoms with E-state index in [0.717, 1.165) is 13.1 Å². The Hall–Kier alpha value is -1.66. The molecule has 1 heterocycles. The van der Waals surface area contributed by atoms with E-state index in [-0.39, 0.29) is 18.3 Å². The maximum absolute atomic E-state index is 13.3. The van der Waals surface area contributed by atoms with Gasteiger partial charge in [-0.15, -0.1) is 0 Å². The molecule has 1 amide bonds. The Bertz CT molecular complexity index is 500. The lowest BCUT2D eigenvalue weighted by Crippen LogP contribution is -2.48. The van der Waals surface area contributed by atoms with Crippen LogP contribution in [-0.4, -0.2) is 60.6 Å². The van der Waals surface area contributed by atoms with Crippen LogP contribution in [0.3, 0.4) is 0 Å². The largest absolute Gasteiger partial charge is 0.483 e. The molecule has 116 valence electrons. The summed E-state index contributed by atoms with van der Waals surface area (Å²) in [6, 6.07) is 3.92. The number of aliphatic hydroxyl groups excluding tert-OH is 1. The highest BCUT2D eigenvalue weighted by atomic mass is 19.1. The Kier molecular flexibility index (Phi) is 5.14. The quantitative estimate of drug-likeness (QED) is 0.902. The van der Waals surface area contributed by atoms with Crippen molar-refractivity contribution >= 4 is 5.91 Å². The average molecular weight is 296 g/mol. The Morgan fingerprint density at radius 2 is 2.05 bits per heavy atom. The number of likely N-dealkylation sites (N-methyl/N-ethyl adjacent to an activating group) is 1. The summed E-state index contributed by atoms with van der Waals surface area (Å²) < 4.78 is 18.7. The summed E-state index contributed by atoms with van der Waals surface area (Å²) in [6.45, 7) is 4.45. The van der Waals surface area contributed by atoms with Gasteiger partial charge in [-0.2, -0.15) is 0 Å². The molecule has 2 rings (SSSR count). The van der Waals surface area contributed by atoms with E-state index in [1.165, 1.54) is 18.2 Å². The van der Waals surface area contributed by atoms with Gasteiger partial charge in [-0.1, -0.05) is 0 Å². The third kappa shape index (κ3) is 4.15. The highest BCUT2D eigenvalue weighted by molar-refractivity contribution is 5.78. The van der Waals surface area contributed by atoms with Gasteiger partial charge in [0.2, 0.25) is 0 Å². The number of amides is 1. The molecule has 0 saturated carbocycles. The number of rotatable bonds is 4. The lowest BCUT2D eigenvalue weighted by Gasteiger charge is -2.32. The Morgan fingerprint density at radius 1 is 1.38 bits per heavy atom. The minimum atomic E-state index is -0.778. The van der Waals surface area contributed by atoms with Gasteiger partial charge in [0.1, 0.15) is 11.6 Å². The fourth-order valence-corrected chi connectivity index (χ4v) is 2.26. The number of hydrogen-bond acceptors (Lipinski definition) is 4. The molecular formula is C15H21FN2O3. The van der Waals surface area contributed by atoms with E-state index in [4.69, 9.17) is 4.74 Å². The minimum absolute atomic E-state index is 0.121. The van der Waals surface area contributed by atoms with E-state index < -0.39 is 11.9 Å². The molecule has 0 spiro atoms.